The van der Waals surface area contributed by atoms with Gasteiger partial charge < -0.3 is 15.5 Å². The summed E-state index contributed by atoms with van der Waals surface area (Å²) in [7, 11) is 0. The number of aromatic hydroxyl groups is 1. The lowest BCUT2D eigenvalue weighted by molar-refractivity contribution is -0.137. The minimum Gasteiger partial charge on any atom is -0.508 e. The van der Waals surface area contributed by atoms with Crippen molar-refractivity contribution in [2.45, 2.75) is 38.5 Å². The number of hydrogen-bond acceptors (Lipinski definition) is 3. The second-order valence-electron chi connectivity index (χ2n) is 4.75. The van der Waals surface area contributed by atoms with Gasteiger partial charge in [0.25, 0.3) is 0 Å². The molecule has 0 radical (unpaired) electrons. The van der Waals surface area contributed by atoms with E-state index in [2.05, 4.69) is 5.32 Å². The maximum absolute atomic E-state index is 11.6. The first-order valence-corrected chi connectivity index (χ1v) is 6.84. The van der Waals surface area contributed by atoms with Crippen LogP contribution in [0.25, 0.3) is 0 Å². The second-order valence-corrected chi connectivity index (χ2v) is 4.75. The van der Waals surface area contributed by atoms with E-state index in [0.717, 1.165) is 24.8 Å². The lowest BCUT2D eigenvalue weighted by Gasteiger charge is -2.05. The molecular formula is C15H21NO4. The van der Waals surface area contributed by atoms with Crippen molar-refractivity contribution >= 4 is 11.9 Å². The van der Waals surface area contributed by atoms with E-state index in [1.165, 1.54) is 0 Å². The molecule has 5 nitrogen and oxygen atoms in total. The zero-order chi connectivity index (χ0) is 14.8. The molecule has 0 aliphatic carbocycles. The number of carbonyl (C=O) groups excluding carboxylic acids is 1. The maximum atomic E-state index is 11.6. The largest absolute Gasteiger partial charge is 0.508 e. The van der Waals surface area contributed by atoms with Gasteiger partial charge in [0.1, 0.15) is 5.75 Å². The Bertz CT molecular complexity index is 428. The topological polar surface area (TPSA) is 86.6 Å². The molecule has 110 valence electrons. The van der Waals surface area contributed by atoms with E-state index in [-0.39, 0.29) is 18.1 Å². The van der Waals surface area contributed by atoms with Gasteiger partial charge in [0.15, 0.2) is 0 Å². The Labute approximate surface area is 118 Å². The second kappa shape index (κ2) is 8.96. The van der Waals surface area contributed by atoms with Crippen LogP contribution in [-0.4, -0.2) is 28.6 Å². The number of carboxylic acids is 1. The molecule has 1 aromatic carbocycles. The summed E-state index contributed by atoms with van der Waals surface area (Å²) < 4.78 is 0. The molecule has 0 aliphatic rings. The Hall–Kier alpha value is -2.04. The summed E-state index contributed by atoms with van der Waals surface area (Å²) in [4.78, 5) is 21.9. The van der Waals surface area contributed by atoms with Gasteiger partial charge in [-0.3, -0.25) is 9.59 Å². The quantitative estimate of drug-likeness (QED) is 0.604. The number of hydrogen-bond donors (Lipinski definition) is 3. The van der Waals surface area contributed by atoms with Gasteiger partial charge in [0.2, 0.25) is 5.91 Å². The fourth-order valence-electron chi connectivity index (χ4n) is 1.84. The highest BCUT2D eigenvalue weighted by molar-refractivity contribution is 5.78. The molecule has 20 heavy (non-hydrogen) atoms. The Morgan fingerprint density at radius 2 is 1.65 bits per heavy atom. The number of phenolic OH excluding ortho intramolecular Hbond substituents is 1. The van der Waals surface area contributed by atoms with Crippen molar-refractivity contribution < 1.29 is 19.8 Å². The lowest BCUT2D eigenvalue weighted by Crippen LogP contribution is -2.26. The first kappa shape index (κ1) is 16.0. The summed E-state index contributed by atoms with van der Waals surface area (Å²) in [6.45, 7) is 0.615. The van der Waals surface area contributed by atoms with Crippen LogP contribution in [-0.2, 0) is 16.0 Å². The van der Waals surface area contributed by atoms with Gasteiger partial charge in [0.05, 0.1) is 6.42 Å². The predicted molar refractivity (Wildman–Crippen MR) is 75.5 cm³/mol. The van der Waals surface area contributed by atoms with Gasteiger partial charge >= 0.3 is 5.97 Å². The van der Waals surface area contributed by atoms with E-state index in [1.54, 1.807) is 24.3 Å². The fraction of sp³-hybridized carbons (Fsp3) is 0.467. The molecule has 0 saturated heterocycles. The van der Waals surface area contributed by atoms with Crippen LogP contribution in [0.5, 0.6) is 5.75 Å². The van der Waals surface area contributed by atoms with Gasteiger partial charge in [0, 0.05) is 13.0 Å². The number of nitrogens with one attached hydrogen (secondary N) is 1. The van der Waals surface area contributed by atoms with E-state index in [4.69, 9.17) is 10.2 Å². The van der Waals surface area contributed by atoms with Crippen molar-refractivity contribution in [2.75, 3.05) is 6.54 Å². The summed E-state index contributed by atoms with van der Waals surface area (Å²) in [6.07, 6.45) is 3.87. The van der Waals surface area contributed by atoms with Crippen LogP contribution in [0.15, 0.2) is 24.3 Å². The van der Waals surface area contributed by atoms with E-state index in [0.29, 0.717) is 19.4 Å². The molecule has 0 heterocycles. The van der Waals surface area contributed by atoms with Crippen molar-refractivity contribution in [1.82, 2.24) is 5.32 Å². The van der Waals surface area contributed by atoms with Gasteiger partial charge in [-0.25, -0.2) is 0 Å². The van der Waals surface area contributed by atoms with E-state index in [9.17, 15) is 9.59 Å². The van der Waals surface area contributed by atoms with Crippen LogP contribution in [0.1, 0.15) is 37.7 Å². The molecule has 0 spiro atoms. The smallest absolute Gasteiger partial charge is 0.303 e. The molecule has 1 aromatic rings. The molecule has 0 aliphatic heterocycles. The molecule has 0 aromatic heterocycles. The zero-order valence-corrected chi connectivity index (χ0v) is 11.5. The fourth-order valence-corrected chi connectivity index (χ4v) is 1.84. The molecular weight excluding hydrogens is 258 g/mol. The van der Waals surface area contributed by atoms with Crippen molar-refractivity contribution in [3.8, 4) is 5.75 Å². The highest BCUT2D eigenvalue weighted by Gasteiger charge is 2.03. The average molecular weight is 279 g/mol. The Morgan fingerprint density at radius 3 is 2.30 bits per heavy atom. The third kappa shape index (κ3) is 7.41. The summed E-state index contributed by atoms with van der Waals surface area (Å²) >= 11 is 0. The van der Waals surface area contributed by atoms with Crippen LogP contribution < -0.4 is 5.32 Å². The number of unbranched alkanes of at least 4 members (excludes halogenated alkanes) is 3. The minimum atomic E-state index is -0.757. The van der Waals surface area contributed by atoms with Crippen LogP contribution in [0, 0.1) is 0 Å². The highest BCUT2D eigenvalue weighted by Crippen LogP contribution is 2.10. The average Bonchev–Trinajstić information content (AvgIpc) is 2.40. The monoisotopic (exact) mass is 279 g/mol. The predicted octanol–water partition coefficient (Wildman–Crippen LogP) is 2.09. The molecule has 0 saturated carbocycles. The third-order valence-electron chi connectivity index (χ3n) is 2.94. The maximum Gasteiger partial charge on any atom is 0.303 e. The molecule has 3 N–H and O–H groups in total. The Kier molecular flexibility index (Phi) is 7.17. The summed E-state index contributed by atoms with van der Waals surface area (Å²) in [5.41, 5.74) is 0.863. The number of amides is 1. The third-order valence-corrected chi connectivity index (χ3v) is 2.94. The molecule has 1 rings (SSSR count). The number of phenols is 1. The number of carboxylic acid groups (broad SMARTS) is 1. The first-order valence-electron chi connectivity index (χ1n) is 6.84. The number of carbonyl (C=O) groups is 2. The van der Waals surface area contributed by atoms with Crippen molar-refractivity contribution in [3.63, 3.8) is 0 Å². The Balaban J connectivity index is 2.05. The summed E-state index contributed by atoms with van der Waals surface area (Å²) in [6, 6.07) is 6.57. The van der Waals surface area contributed by atoms with Gasteiger partial charge in [-0.1, -0.05) is 25.0 Å². The number of benzene rings is 1. The van der Waals surface area contributed by atoms with Crippen LogP contribution in [0.3, 0.4) is 0 Å². The molecule has 0 atom stereocenters. The number of aliphatic carboxylic acids is 1. The highest BCUT2D eigenvalue weighted by atomic mass is 16.4. The number of rotatable bonds is 9. The summed E-state index contributed by atoms with van der Waals surface area (Å²) in [5.74, 6) is -0.607. The molecule has 0 unspecified atom stereocenters. The van der Waals surface area contributed by atoms with Gasteiger partial charge in [-0.05, 0) is 30.5 Å². The first-order chi connectivity index (χ1) is 9.58. The molecule has 0 bridgehead atoms. The molecule has 5 heteroatoms. The van der Waals surface area contributed by atoms with E-state index >= 15 is 0 Å². The normalized spacial score (nSPS) is 10.2. The SMILES string of the molecule is O=C(O)CCCCCCNC(=O)Cc1ccc(O)cc1. The minimum absolute atomic E-state index is 0.0405. The molecule has 0 fully saturated rings. The van der Waals surface area contributed by atoms with Gasteiger partial charge in [-0.15, -0.1) is 0 Å². The van der Waals surface area contributed by atoms with Crippen molar-refractivity contribution in [3.05, 3.63) is 29.8 Å². The van der Waals surface area contributed by atoms with Crippen LogP contribution >= 0.6 is 0 Å². The van der Waals surface area contributed by atoms with E-state index < -0.39 is 5.97 Å². The molecule has 1 amide bonds. The zero-order valence-electron chi connectivity index (χ0n) is 11.5. The Morgan fingerprint density at radius 1 is 1.00 bits per heavy atom. The van der Waals surface area contributed by atoms with Crippen LogP contribution in [0.4, 0.5) is 0 Å². The lowest BCUT2D eigenvalue weighted by atomic mass is 10.1. The van der Waals surface area contributed by atoms with Crippen LogP contribution in [0.2, 0.25) is 0 Å². The standard InChI is InChI=1S/C15H21NO4/c17-13-8-6-12(7-9-13)11-14(18)16-10-4-2-1-3-5-15(19)20/h6-9,17H,1-5,10-11H2,(H,16,18)(H,19,20). The van der Waals surface area contributed by atoms with Gasteiger partial charge in [-0.2, -0.15) is 0 Å². The van der Waals surface area contributed by atoms with E-state index in [1.807, 2.05) is 0 Å². The summed E-state index contributed by atoms with van der Waals surface area (Å²) in [5, 5.41) is 20.4. The van der Waals surface area contributed by atoms with Crippen molar-refractivity contribution in [1.29, 1.82) is 0 Å². The van der Waals surface area contributed by atoms with Crippen molar-refractivity contribution in [2.24, 2.45) is 0 Å².